The van der Waals surface area contributed by atoms with E-state index in [1.54, 1.807) is 7.11 Å². The number of nitrogens with one attached hydrogen (secondary N) is 1. The van der Waals surface area contributed by atoms with Gasteiger partial charge in [0.2, 0.25) is 5.91 Å². The predicted molar refractivity (Wildman–Crippen MR) is 81.0 cm³/mol. The lowest BCUT2D eigenvalue weighted by Crippen LogP contribution is -2.36. The molecule has 0 aliphatic carbocycles. The lowest BCUT2D eigenvalue weighted by atomic mass is 9.96. The fourth-order valence-electron chi connectivity index (χ4n) is 2.56. The molecular weight excluding hydrogens is 282 g/mol. The van der Waals surface area contributed by atoms with Crippen molar-refractivity contribution in [1.29, 1.82) is 0 Å². The maximum absolute atomic E-state index is 12.3. The molecule has 0 saturated heterocycles. The van der Waals surface area contributed by atoms with Gasteiger partial charge in [0, 0.05) is 0 Å². The first kappa shape index (κ1) is 14.5. The number of hydrogen-bond acceptors (Lipinski definition) is 4. The molecule has 0 bridgehead atoms. The summed E-state index contributed by atoms with van der Waals surface area (Å²) in [5, 5.41) is 2.90. The van der Waals surface area contributed by atoms with E-state index in [0.29, 0.717) is 19.6 Å². The zero-order chi connectivity index (χ0) is 15.5. The maximum Gasteiger partial charge on any atom is 0.227 e. The monoisotopic (exact) mass is 301 g/mol. The van der Waals surface area contributed by atoms with Crippen LogP contribution in [0.15, 0.2) is 34.7 Å². The molecule has 1 aromatic carbocycles. The molecule has 1 aromatic heterocycles. The summed E-state index contributed by atoms with van der Waals surface area (Å²) < 4.78 is 16.3. The number of ether oxygens (including phenoxy) is 2. The minimum absolute atomic E-state index is 0.0254. The Morgan fingerprint density at radius 3 is 2.95 bits per heavy atom. The molecule has 0 saturated carbocycles. The van der Waals surface area contributed by atoms with Crippen molar-refractivity contribution in [2.45, 2.75) is 19.9 Å². The fourth-order valence-corrected chi connectivity index (χ4v) is 2.56. The third-order valence-corrected chi connectivity index (χ3v) is 3.78. The van der Waals surface area contributed by atoms with E-state index in [2.05, 4.69) is 5.32 Å². The van der Waals surface area contributed by atoms with Gasteiger partial charge in [0.1, 0.15) is 29.6 Å². The highest BCUT2D eigenvalue weighted by molar-refractivity contribution is 5.79. The topological polar surface area (TPSA) is 60.7 Å². The number of methoxy groups -OCH3 is 1. The molecule has 1 atom stereocenters. The smallest absolute Gasteiger partial charge is 0.227 e. The first-order chi connectivity index (χ1) is 10.7. The molecule has 0 radical (unpaired) electrons. The third kappa shape index (κ3) is 3.08. The number of carbonyl (C=O) groups is 1. The predicted octanol–water partition coefficient (Wildman–Crippen LogP) is 2.46. The van der Waals surface area contributed by atoms with Gasteiger partial charge in [0.15, 0.2) is 0 Å². The molecule has 2 aromatic rings. The van der Waals surface area contributed by atoms with Crippen LogP contribution in [0.2, 0.25) is 0 Å². The van der Waals surface area contributed by atoms with Gasteiger partial charge < -0.3 is 19.2 Å². The van der Waals surface area contributed by atoms with Crippen LogP contribution in [0, 0.1) is 12.8 Å². The van der Waals surface area contributed by atoms with Gasteiger partial charge in [-0.2, -0.15) is 0 Å². The Labute approximate surface area is 129 Å². The molecular formula is C17H19NO4. The van der Waals surface area contributed by atoms with E-state index in [0.717, 1.165) is 28.6 Å². The molecule has 116 valence electrons. The zero-order valence-electron chi connectivity index (χ0n) is 12.7. The number of carbonyl (C=O) groups excluding carboxylic acids is 1. The second-order valence-electron chi connectivity index (χ2n) is 5.42. The molecule has 0 spiro atoms. The van der Waals surface area contributed by atoms with Gasteiger partial charge in [-0.25, -0.2) is 0 Å². The van der Waals surface area contributed by atoms with Crippen molar-refractivity contribution in [2.75, 3.05) is 13.7 Å². The lowest BCUT2D eigenvalue weighted by molar-refractivity contribution is -0.126. The molecule has 5 heteroatoms. The highest BCUT2D eigenvalue weighted by atomic mass is 16.5. The molecule has 3 rings (SSSR count). The molecule has 0 fully saturated rings. The minimum Gasteiger partial charge on any atom is -0.497 e. The van der Waals surface area contributed by atoms with E-state index < -0.39 is 0 Å². The van der Waals surface area contributed by atoms with Crippen molar-refractivity contribution < 1.29 is 18.7 Å². The molecule has 1 aliphatic heterocycles. The van der Waals surface area contributed by atoms with Gasteiger partial charge in [-0.1, -0.05) is 0 Å². The van der Waals surface area contributed by atoms with Gasteiger partial charge in [-0.3, -0.25) is 4.79 Å². The zero-order valence-corrected chi connectivity index (χ0v) is 12.7. The summed E-state index contributed by atoms with van der Waals surface area (Å²) in [5.41, 5.74) is 1.000. The van der Waals surface area contributed by atoms with Crippen LogP contribution in [0.5, 0.6) is 11.5 Å². The van der Waals surface area contributed by atoms with E-state index in [9.17, 15) is 4.79 Å². The second kappa shape index (κ2) is 6.13. The van der Waals surface area contributed by atoms with E-state index >= 15 is 0 Å². The number of aryl methyl sites for hydroxylation is 1. The van der Waals surface area contributed by atoms with Crippen LogP contribution < -0.4 is 14.8 Å². The van der Waals surface area contributed by atoms with Crippen LogP contribution in [-0.4, -0.2) is 19.6 Å². The molecule has 0 unspecified atom stereocenters. The SMILES string of the molecule is COc1ccc2c(c1)C[C@@H](C(=O)NCc1ccc(C)o1)CO2. The number of furan rings is 1. The fraction of sp³-hybridized carbons (Fsp3) is 0.353. The standard InChI is InChI=1S/C17H19NO4/c1-11-3-4-15(22-11)9-18-17(19)13-7-12-8-14(20-2)5-6-16(12)21-10-13/h3-6,8,13H,7,9-10H2,1-2H3,(H,18,19)/t13-/m1/s1. The Morgan fingerprint density at radius 2 is 2.23 bits per heavy atom. The Hall–Kier alpha value is -2.43. The Bertz CT molecular complexity index is 677. The van der Waals surface area contributed by atoms with Crippen LogP contribution in [0.3, 0.4) is 0 Å². The average Bonchev–Trinajstić information content (AvgIpc) is 2.97. The normalized spacial score (nSPS) is 16.5. The van der Waals surface area contributed by atoms with Gasteiger partial charge in [-0.05, 0) is 49.2 Å². The van der Waals surface area contributed by atoms with Crippen molar-refractivity contribution in [3.63, 3.8) is 0 Å². The molecule has 5 nitrogen and oxygen atoms in total. The molecule has 1 aliphatic rings. The van der Waals surface area contributed by atoms with Gasteiger partial charge in [0.05, 0.1) is 19.6 Å². The molecule has 1 amide bonds. The molecule has 2 heterocycles. The van der Waals surface area contributed by atoms with Crippen LogP contribution in [-0.2, 0) is 17.8 Å². The van der Waals surface area contributed by atoms with Gasteiger partial charge in [0.25, 0.3) is 0 Å². The largest absolute Gasteiger partial charge is 0.497 e. The van der Waals surface area contributed by atoms with E-state index in [-0.39, 0.29) is 11.8 Å². The number of fused-ring (bicyclic) bond motifs is 1. The summed E-state index contributed by atoms with van der Waals surface area (Å²) in [6, 6.07) is 9.41. The number of rotatable bonds is 4. The van der Waals surface area contributed by atoms with Crippen molar-refractivity contribution in [1.82, 2.24) is 5.32 Å². The van der Waals surface area contributed by atoms with E-state index in [1.165, 1.54) is 0 Å². The first-order valence-electron chi connectivity index (χ1n) is 7.28. The van der Waals surface area contributed by atoms with Crippen molar-refractivity contribution >= 4 is 5.91 Å². The first-order valence-corrected chi connectivity index (χ1v) is 7.28. The van der Waals surface area contributed by atoms with E-state index in [4.69, 9.17) is 13.9 Å². The van der Waals surface area contributed by atoms with Crippen LogP contribution in [0.25, 0.3) is 0 Å². The maximum atomic E-state index is 12.3. The summed E-state index contributed by atoms with van der Waals surface area (Å²) >= 11 is 0. The average molecular weight is 301 g/mol. The summed E-state index contributed by atoms with van der Waals surface area (Å²) in [5.74, 6) is 2.97. The summed E-state index contributed by atoms with van der Waals surface area (Å²) in [7, 11) is 1.63. The van der Waals surface area contributed by atoms with Crippen LogP contribution >= 0.6 is 0 Å². The minimum atomic E-state index is -0.198. The van der Waals surface area contributed by atoms with Crippen molar-refractivity contribution in [3.05, 3.63) is 47.4 Å². The Balaban J connectivity index is 1.62. The summed E-state index contributed by atoms with van der Waals surface area (Å²) in [4.78, 5) is 12.3. The summed E-state index contributed by atoms with van der Waals surface area (Å²) in [6.45, 7) is 2.67. The van der Waals surface area contributed by atoms with Crippen molar-refractivity contribution in [2.24, 2.45) is 5.92 Å². The Morgan fingerprint density at radius 1 is 1.36 bits per heavy atom. The lowest BCUT2D eigenvalue weighted by Gasteiger charge is -2.24. The summed E-state index contributed by atoms with van der Waals surface area (Å²) in [6.07, 6.45) is 0.648. The highest BCUT2D eigenvalue weighted by Crippen LogP contribution is 2.30. The molecule has 1 N–H and O–H groups in total. The number of hydrogen-bond donors (Lipinski definition) is 1. The number of amides is 1. The molecule has 22 heavy (non-hydrogen) atoms. The number of benzene rings is 1. The van der Waals surface area contributed by atoms with Crippen molar-refractivity contribution in [3.8, 4) is 11.5 Å². The quantitative estimate of drug-likeness (QED) is 0.942. The van der Waals surface area contributed by atoms with Gasteiger partial charge >= 0.3 is 0 Å². The highest BCUT2D eigenvalue weighted by Gasteiger charge is 2.26. The van der Waals surface area contributed by atoms with Crippen LogP contribution in [0.1, 0.15) is 17.1 Å². The van der Waals surface area contributed by atoms with Crippen LogP contribution in [0.4, 0.5) is 0 Å². The van der Waals surface area contributed by atoms with E-state index in [1.807, 2.05) is 37.3 Å². The Kier molecular flexibility index (Phi) is 4.04. The van der Waals surface area contributed by atoms with Gasteiger partial charge in [-0.15, -0.1) is 0 Å². The second-order valence-corrected chi connectivity index (χ2v) is 5.42. The third-order valence-electron chi connectivity index (χ3n) is 3.78.